The van der Waals surface area contributed by atoms with Gasteiger partial charge in [0.15, 0.2) is 0 Å². The van der Waals surface area contributed by atoms with E-state index in [9.17, 15) is 13.9 Å². The fourth-order valence-corrected chi connectivity index (χ4v) is 3.36. The van der Waals surface area contributed by atoms with Crippen LogP contribution in [0.25, 0.3) is 0 Å². The van der Waals surface area contributed by atoms with Crippen molar-refractivity contribution in [1.29, 1.82) is 0 Å². The number of hydrogen-bond acceptors (Lipinski definition) is 5. The van der Waals surface area contributed by atoms with Gasteiger partial charge >= 0.3 is 0 Å². The number of nitrogens with one attached hydrogen (secondary N) is 2. The molecule has 22 heavy (non-hydrogen) atoms. The Bertz CT molecular complexity index is 665. The molecule has 2 aromatic rings. The molecule has 2 unspecified atom stereocenters. The van der Waals surface area contributed by atoms with Gasteiger partial charge in [0.05, 0.1) is 5.54 Å². The van der Waals surface area contributed by atoms with Gasteiger partial charge in [-0.05, 0) is 35.2 Å². The first-order valence-corrected chi connectivity index (χ1v) is 8.29. The van der Waals surface area contributed by atoms with E-state index >= 15 is 0 Å². The average molecular weight is 317 g/mol. The molecule has 1 fully saturated rings. The predicted octanol–water partition coefficient (Wildman–Crippen LogP) is 1.51. The van der Waals surface area contributed by atoms with Crippen LogP contribution < -0.4 is 10.9 Å². The molecule has 1 aliphatic heterocycles. The summed E-state index contributed by atoms with van der Waals surface area (Å²) in [5, 5.41) is 9.48. The summed E-state index contributed by atoms with van der Waals surface area (Å²) < 4.78 is 21.6. The van der Waals surface area contributed by atoms with Crippen LogP contribution in [0.4, 0.5) is 0 Å². The fraction of sp³-hybridized carbons (Fsp3) is 0.250. The van der Waals surface area contributed by atoms with Gasteiger partial charge in [0, 0.05) is 12.3 Å². The Labute approximate surface area is 131 Å². The Kier molecular flexibility index (Phi) is 4.26. The second-order valence-electron chi connectivity index (χ2n) is 5.40. The van der Waals surface area contributed by atoms with Crippen molar-refractivity contribution in [3.63, 3.8) is 0 Å². The normalized spacial score (nSPS) is 22.6. The van der Waals surface area contributed by atoms with Crippen LogP contribution in [-0.2, 0) is 22.4 Å². The predicted molar refractivity (Wildman–Crippen MR) is 83.7 cm³/mol. The van der Waals surface area contributed by atoms with Crippen LogP contribution in [-0.4, -0.2) is 20.4 Å². The lowest BCUT2D eigenvalue weighted by molar-refractivity contribution is 0.440. The number of hydrogen-bond donors (Lipinski definition) is 3. The van der Waals surface area contributed by atoms with Crippen molar-refractivity contribution >= 4 is 11.1 Å². The molecule has 6 heteroatoms. The Hall–Kier alpha value is -1.73. The quantitative estimate of drug-likeness (QED) is 0.745. The summed E-state index contributed by atoms with van der Waals surface area (Å²) in [6.07, 6.45) is 0.866. The molecule has 0 amide bonds. The molecular formula is C16H17N2O3S-. The van der Waals surface area contributed by atoms with E-state index in [2.05, 4.69) is 10.9 Å². The molecule has 3 N–H and O–H groups in total. The minimum Gasteiger partial charge on any atom is -0.772 e. The van der Waals surface area contributed by atoms with Crippen LogP contribution in [0.15, 0.2) is 48.5 Å². The molecule has 0 saturated carbocycles. The van der Waals surface area contributed by atoms with Gasteiger partial charge in [0.2, 0.25) is 0 Å². The molecular weight excluding hydrogens is 300 g/mol. The zero-order chi connectivity index (χ0) is 15.6. The van der Waals surface area contributed by atoms with Gasteiger partial charge in [-0.25, -0.2) is 5.43 Å². The van der Waals surface area contributed by atoms with Crippen molar-refractivity contribution in [2.24, 2.45) is 0 Å². The van der Waals surface area contributed by atoms with Crippen LogP contribution in [0.2, 0.25) is 0 Å². The van der Waals surface area contributed by atoms with Crippen LogP contribution in [0.5, 0.6) is 5.75 Å². The third kappa shape index (κ3) is 2.91. The molecule has 0 bridgehead atoms. The number of rotatable bonds is 4. The number of aromatic hydroxyl groups is 1. The molecule has 3 rings (SSSR count). The smallest absolute Gasteiger partial charge is 0.115 e. The summed E-state index contributed by atoms with van der Waals surface area (Å²) in [5.74, 6) is 0.260. The summed E-state index contributed by atoms with van der Waals surface area (Å²) in [6.45, 7) is 0.827. The molecule has 0 aromatic heterocycles. The lowest BCUT2D eigenvalue weighted by atomic mass is 9.81. The van der Waals surface area contributed by atoms with Gasteiger partial charge in [0.1, 0.15) is 5.75 Å². The van der Waals surface area contributed by atoms with E-state index in [4.69, 9.17) is 0 Å². The number of phenols is 1. The van der Waals surface area contributed by atoms with E-state index in [1.54, 1.807) is 12.1 Å². The van der Waals surface area contributed by atoms with Crippen molar-refractivity contribution < 1.29 is 13.9 Å². The summed E-state index contributed by atoms with van der Waals surface area (Å²) >= 11 is -2.08. The van der Waals surface area contributed by atoms with E-state index in [0.717, 1.165) is 29.7 Å². The molecule has 0 radical (unpaired) electrons. The second kappa shape index (κ2) is 6.18. The van der Waals surface area contributed by atoms with Crippen LogP contribution in [0, 0.1) is 0 Å². The Morgan fingerprint density at radius 3 is 2.18 bits per heavy atom. The van der Waals surface area contributed by atoms with Gasteiger partial charge in [-0.1, -0.05) is 47.5 Å². The topological polar surface area (TPSA) is 84.4 Å². The van der Waals surface area contributed by atoms with Gasteiger partial charge < -0.3 is 9.66 Å². The first kappa shape index (κ1) is 15.2. The van der Waals surface area contributed by atoms with Gasteiger partial charge in [-0.2, -0.15) is 0 Å². The highest BCUT2D eigenvalue weighted by Crippen LogP contribution is 2.35. The lowest BCUT2D eigenvalue weighted by Crippen LogP contribution is -2.42. The number of hydrazine groups is 1. The van der Waals surface area contributed by atoms with Crippen molar-refractivity contribution in [3.8, 4) is 5.75 Å². The maximum atomic E-state index is 10.8. The van der Waals surface area contributed by atoms with Crippen LogP contribution >= 0.6 is 0 Å². The molecule has 1 aliphatic rings. The maximum Gasteiger partial charge on any atom is 0.115 e. The maximum absolute atomic E-state index is 10.8. The van der Waals surface area contributed by atoms with Crippen LogP contribution in [0.3, 0.4) is 0 Å². The Morgan fingerprint density at radius 1 is 1.09 bits per heavy atom. The first-order chi connectivity index (χ1) is 10.6. The monoisotopic (exact) mass is 317 g/mol. The third-order valence-corrected chi connectivity index (χ3v) is 4.59. The zero-order valence-corrected chi connectivity index (χ0v) is 12.7. The minimum absolute atomic E-state index is 0.0260. The van der Waals surface area contributed by atoms with Crippen molar-refractivity contribution in [1.82, 2.24) is 10.9 Å². The zero-order valence-electron chi connectivity index (χ0n) is 11.9. The molecule has 116 valence electrons. The van der Waals surface area contributed by atoms with E-state index in [-0.39, 0.29) is 17.0 Å². The first-order valence-electron chi connectivity index (χ1n) is 7.05. The van der Waals surface area contributed by atoms with E-state index in [1.807, 2.05) is 36.4 Å². The summed E-state index contributed by atoms with van der Waals surface area (Å²) in [7, 11) is 0. The highest BCUT2D eigenvalue weighted by molar-refractivity contribution is 7.78. The van der Waals surface area contributed by atoms with E-state index in [0.29, 0.717) is 0 Å². The Balaban J connectivity index is 1.97. The highest BCUT2D eigenvalue weighted by Gasteiger charge is 2.37. The molecule has 1 saturated heterocycles. The van der Waals surface area contributed by atoms with E-state index in [1.165, 1.54) is 0 Å². The summed E-state index contributed by atoms with van der Waals surface area (Å²) in [5.41, 5.74) is 9.00. The number of benzene rings is 2. The SMILES string of the molecule is O=S([O-])Cc1ccc(C2(c3ccc(O)cc3)CCNN2)cc1. The summed E-state index contributed by atoms with van der Waals surface area (Å²) in [4.78, 5) is 0. The van der Waals surface area contributed by atoms with Gasteiger partial charge in [0.25, 0.3) is 0 Å². The average Bonchev–Trinajstić information content (AvgIpc) is 2.99. The molecule has 2 aromatic carbocycles. The second-order valence-corrected chi connectivity index (χ2v) is 6.30. The van der Waals surface area contributed by atoms with Crippen LogP contribution in [0.1, 0.15) is 23.1 Å². The lowest BCUT2D eigenvalue weighted by Gasteiger charge is -2.30. The number of phenolic OH excluding ortho intramolecular Hbond substituents is 1. The van der Waals surface area contributed by atoms with Crippen molar-refractivity contribution in [2.45, 2.75) is 17.7 Å². The minimum atomic E-state index is -2.08. The molecule has 0 spiro atoms. The summed E-state index contributed by atoms with van der Waals surface area (Å²) in [6, 6.07) is 14.7. The molecule has 1 heterocycles. The molecule has 0 aliphatic carbocycles. The van der Waals surface area contributed by atoms with Crippen molar-refractivity contribution in [2.75, 3.05) is 6.54 Å². The fourth-order valence-electron chi connectivity index (χ4n) is 2.89. The molecule has 2 atom stereocenters. The largest absolute Gasteiger partial charge is 0.772 e. The van der Waals surface area contributed by atoms with Gasteiger partial charge in [-0.3, -0.25) is 9.63 Å². The van der Waals surface area contributed by atoms with E-state index < -0.39 is 11.1 Å². The molecule has 5 nitrogen and oxygen atoms in total. The standard InChI is InChI=1S/C16H18N2O3S/c19-15-7-5-14(6-8-15)16(9-10-17-18-16)13-3-1-12(2-4-13)11-22(20)21/h1-8,17-19H,9-11H2,(H,20,21)/p-1. The Morgan fingerprint density at radius 2 is 1.68 bits per heavy atom. The van der Waals surface area contributed by atoms with Crippen molar-refractivity contribution in [3.05, 3.63) is 65.2 Å². The third-order valence-electron chi connectivity index (χ3n) is 4.02. The van der Waals surface area contributed by atoms with Gasteiger partial charge in [-0.15, -0.1) is 0 Å². The highest BCUT2D eigenvalue weighted by atomic mass is 32.2.